The fourth-order valence-electron chi connectivity index (χ4n) is 2.59. The standard InChI is InChI=1S/C15H16N4O2/c16-15-17-12(9-13(18-15)19-7-3-4-8-19)10-5-1-2-6-11(10)14(20)21/h1-2,5-6,9H,3-4,7-8H2,(H,20,21)(H2,16,17,18). The molecule has 1 saturated heterocycles. The maximum Gasteiger partial charge on any atom is 0.336 e. The van der Waals surface area contributed by atoms with Crippen LogP contribution in [0.25, 0.3) is 11.3 Å². The molecule has 0 spiro atoms. The molecule has 1 aromatic heterocycles. The molecule has 2 aromatic rings. The van der Waals surface area contributed by atoms with Gasteiger partial charge in [0.2, 0.25) is 5.95 Å². The first-order chi connectivity index (χ1) is 10.1. The van der Waals surface area contributed by atoms with E-state index in [1.165, 1.54) is 0 Å². The number of nitrogen functional groups attached to an aromatic ring is 1. The molecule has 0 atom stereocenters. The summed E-state index contributed by atoms with van der Waals surface area (Å²) in [4.78, 5) is 21.9. The zero-order valence-electron chi connectivity index (χ0n) is 11.5. The van der Waals surface area contributed by atoms with Crippen LogP contribution in [0.2, 0.25) is 0 Å². The molecule has 0 radical (unpaired) electrons. The summed E-state index contributed by atoms with van der Waals surface area (Å²) in [5, 5.41) is 9.29. The predicted octanol–water partition coefficient (Wildman–Crippen LogP) is 2.02. The van der Waals surface area contributed by atoms with Crippen LogP contribution in [0.1, 0.15) is 23.2 Å². The van der Waals surface area contributed by atoms with Gasteiger partial charge in [-0.1, -0.05) is 18.2 Å². The number of hydrogen-bond acceptors (Lipinski definition) is 5. The first-order valence-corrected chi connectivity index (χ1v) is 6.87. The average molecular weight is 284 g/mol. The monoisotopic (exact) mass is 284 g/mol. The fourth-order valence-corrected chi connectivity index (χ4v) is 2.59. The molecule has 2 heterocycles. The normalized spacial score (nSPS) is 14.4. The maximum atomic E-state index is 11.3. The minimum absolute atomic E-state index is 0.162. The van der Waals surface area contributed by atoms with E-state index in [4.69, 9.17) is 5.73 Å². The maximum absolute atomic E-state index is 11.3. The second kappa shape index (κ2) is 5.40. The van der Waals surface area contributed by atoms with Gasteiger partial charge < -0.3 is 15.7 Å². The van der Waals surface area contributed by atoms with Gasteiger partial charge in [0.1, 0.15) is 5.82 Å². The Kier molecular flexibility index (Phi) is 3.43. The van der Waals surface area contributed by atoms with Crippen molar-refractivity contribution in [3.05, 3.63) is 35.9 Å². The van der Waals surface area contributed by atoms with Gasteiger partial charge in [-0.2, -0.15) is 4.98 Å². The van der Waals surface area contributed by atoms with Crippen LogP contribution in [0.3, 0.4) is 0 Å². The van der Waals surface area contributed by atoms with Crippen LogP contribution in [0.4, 0.5) is 11.8 Å². The molecule has 3 N–H and O–H groups in total. The van der Waals surface area contributed by atoms with E-state index in [0.717, 1.165) is 31.7 Å². The molecule has 1 fully saturated rings. The number of rotatable bonds is 3. The third kappa shape index (κ3) is 2.65. The lowest BCUT2D eigenvalue weighted by Gasteiger charge is -2.17. The summed E-state index contributed by atoms with van der Waals surface area (Å²) in [6.45, 7) is 1.88. The number of aromatic carboxylic acids is 1. The predicted molar refractivity (Wildman–Crippen MR) is 80.3 cm³/mol. The van der Waals surface area contributed by atoms with Gasteiger partial charge in [0.25, 0.3) is 0 Å². The highest BCUT2D eigenvalue weighted by atomic mass is 16.4. The van der Waals surface area contributed by atoms with E-state index in [1.54, 1.807) is 24.3 Å². The largest absolute Gasteiger partial charge is 0.478 e. The zero-order chi connectivity index (χ0) is 14.8. The van der Waals surface area contributed by atoms with Crippen LogP contribution in [-0.4, -0.2) is 34.1 Å². The van der Waals surface area contributed by atoms with Crippen LogP contribution in [-0.2, 0) is 0 Å². The second-order valence-corrected chi connectivity index (χ2v) is 5.01. The number of carboxylic acids is 1. The molecule has 0 aliphatic carbocycles. The van der Waals surface area contributed by atoms with E-state index in [1.807, 2.05) is 6.07 Å². The lowest BCUT2D eigenvalue weighted by molar-refractivity contribution is 0.0697. The summed E-state index contributed by atoms with van der Waals surface area (Å²) in [7, 11) is 0. The van der Waals surface area contributed by atoms with Gasteiger partial charge in [0.15, 0.2) is 0 Å². The van der Waals surface area contributed by atoms with E-state index < -0.39 is 5.97 Å². The van der Waals surface area contributed by atoms with Gasteiger partial charge in [0, 0.05) is 24.7 Å². The average Bonchev–Trinajstić information content (AvgIpc) is 3.01. The molecule has 3 rings (SSSR count). The number of hydrogen-bond donors (Lipinski definition) is 2. The molecule has 1 aliphatic rings. The quantitative estimate of drug-likeness (QED) is 0.895. The van der Waals surface area contributed by atoms with Crippen molar-refractivity contribution in [2.45, 2.75) is 12.8 Å². The van der Waals surface area contributed by atoms with Crippen molar-refractivity contribution in [1.29, 1.82) is 0 Å². The SMILES string of the molecule is Nc1nc(-c2ccccc2C(=O)O)cc(N2CCCC2)n1. The van der Waals surface area contributed by atoms with Crippen molar-refractivity contribution in [3.8, 4) is 11.3 Å². The lowest BCUT2D eigenvalue weighted by Crippen LogP contribution is -2.20. The summed E-state index contributed by atoms with van der Waals surface area (Å²) in [5.74, 6) is -0.0599. The van der Waals surface area contributed by atoms with Crippen LogP contribution in [0, 0.1) is 0 Å². The number of anilines is 2. The topological polar surface area (TPSA) is 92.3 Å². The van der Waals surface area contributed by atoms with E-state index in [-0.39, 0.29) is 11.5 Å². The summed E-state index contributed by atoms with van der Waals surface area (Å²) >= 11 is 0. The number of aromatic nitrogens is 2. The van der Waals surface area contributed by atoms with Crippen molar-refractivity contribution in [2.24, 2.45) is 0 Å². The van der Waals surface area contributed by atoms with E-state index in [2.05, 4.69) is 14.9 Å². The summed E-state index contributed by atoms with van der Waals surface area (Å²) in [5.41, 5.74) is 7.10. The summed E-state index contributed by atoms with van der Waals surface area (Å²) in [6, 6.07) is 8.59. The summed E-state index contributed by atoms with van der Waals surface area (Å²) in [6.07, 6.45) is 2.26. The molecule has 108 valence electrons. The van der Waals surface area contributed by atoms with Gasteiger partial charge in [-0.3, -0.25) is 0 Å². The van der Waals surface area contributed by atoms with Crippen molar-refractivity contribution in [2.75, 3.05) is 23.7 Å². The number of carbonyl (C=O) groups is 1. The molecule has 0 bridgehead atoms. The Hall–Kier alpha value is -2.63. The highest BCUT2D eigenvalue weighted by molar-refractivity contribution is 5.95. The van der Waals surface area contributed by atoms with Crippen molar-refractivity contribution in [3.63, 3.8) is 0 Å². The molecule has 1 aromatic carbocycles. The second-order valence-electron chi connectivity index (χ2n) is 5.01. The Balaban J connectivity index is 2.08. The third-order valence-electron chi connectivity index (χ3n) is 3.59. The van der Waals surface area contributed by atoms with Gasteiger partial charge in [0.05, 0.1) is 11.3 Å². The Morgan fingerprint density at radius 3 is 2.62 bits per heavy atom. The first kappa shape index (κ1) is 13.4. The van der Waals surface area contributed by atoms with Gasteiger partial charge in [-0.15, -0.1) is 0 Å². The first-order valence-electron chi connectivity index (χ1n) is 6.87. The third-order valence-corrected chi connectivity index (χ3v) is 3.59. The zero-order valence-corrected chi connectivity index (χ0v) is 11.5. The van der Waals surface area contributed by atoms with Crippen LogP contribution in [0.15, 0.2) is 30.3 Å². The Labute approximate surface area is 122 Å². The molecule has 6 nitrogen and oxygen atoms in total. The molecular weight excluding hydrogens is 268 g/mol. The minimum Gasteiger partial charge on any atom is -0.478 e. The summed E-state index contributed by atoms with van der Waals surface area (Å²) < 4.78 is 0. The lowest BCUT2D eigenvalue weighted by atomic mass is 10.0. The Bertz CT molecular complexity index is 681. The molecule has 1 aliphatic heterocycles. The molecule has 0 saturated carbocycles. The molecule has 0 unspecified atom stereocenters. The van der Waals surface area contributed by atoms with E-state index in [0.29, 0.717) is 11.3 Å². The van der Waals surface area contributed by atoms with Crippen LogP contribution < -0.4 is 10.6 Å². The number of benzene rings is 1. The fraction of sp³-hybridized carbons (Fsp3) is 0.267. The van der Waals surface area contributed by atoms with Crippen LogP contribution >= 0.6 is 0 Å². The Morgan fingerprint density at radius 2 is 1.90 bits per heavy atom. The molecular formula is C15H16N4O2. The van der Waals surface area contributed by atoms with Crippen molar-refractivity contribution < 1.29 is 9.90 Å². The molecule has 21 heavy (non-hydrogen) atoms. The molecule has 0 amide bonds. The number of nitrogens with zero attached hydrogens (tertiary/aromatic N) is 3. The van der Waals surface area contributed by atoms with E-state index >= 15 is 0 Å². The van der Waals surface area contributed by atoms with E-state index in [9.17, 15) is 9.90 Å². The van der Waals surface area contributed by atoms with Gasteiger partial charge >= 0.3 is 5.97 Å². The Morgan fingerprint density at radius 1 is 1.19 bits per heavy atom. The number of nitrogens with two attached hydrogens (primary N) is 1. The van der Waals surface area contributed by atoms with Crippen LogP contribution in [0.5, 0.6) is 0 Å². The van der Waals surface area contributed by atoms with Crippen molar-refractivity contribution in [1.82, 2.24) is 9.97 Å². The van der Waals surface area contributed by atoms with Gasteiger partial charge in [-0.25, -0.2) is 9.78 Å². The highest BCUT2D eigenvalue weighted by Crippen LogP contribution is 2.27. The van der Waals surface area contributed by atoms with Gasteiger partial charge in [-0.05, 0) is 18.9 Å². The highest BCUT2D eigenvalue weighted by Gasteiger charge is 2.18. The number of carboxylic acid groups (broad SMARTS) is 1. The molecule has 6 heteroatoms. The van der Waals surface area contributed by atoms with Crippen molar-refractivity contribution >= 4 is 17.7 Å². The smallest absolute Gasteiger partial charge is 0.336 e. The minimum atomic E-state index is -0.981.